The van der Waals surface area contributed by atoms with E-state index in [1.807, 2.05) is 31.2 Å². The standard InChI is InChI=1S/C26H25N3O4/c1-19-6-4-8-20(16-19)25(30)28-12-5-13-29(15-14-28)26(31)24-11-10-22(33-24)18-32-23-9-3-2-7-21(23)17-27/h2-4,6-11,16H,5,12-15,18H2,1H3. The minimum Gasteiger partial charge on any atom is -0.484 e. The van der Waals surface area contributed by atoms with Crippen molar-refractivity contribution in [3.63, 3.8) is 0 Å². The molecule has 2 amide bonds. The lowest BCUT2D eigenvalue weighted by molar-refractivity contribution is 0.0697. The summed E-state index contributed by atoms with van der Waals surface area (Å²) in [5, 5.41) is 9.16. The van der Waals surface area contributed by atoms with Crippen molar-refractivity contribution in [2.45, 2.75) is 20.0 Å². The number of amides is 2. The Balaban J connectivity index is 1.35. The fraction of sp³-hybridized carbons (Fsp3) is 0.269. The number of nitriles is 1. The zero-order valence-corrected chi connectivity index (χ0v) is 18.5. The predicted molar refractivity (Wildman–Crippen MR) is 122 cm³/mol. The zero-order chi connectivity index (χ0) is 23.2. The number of benzene rings is 2. The van der Waals surface area contributed by atoms with Gasteiger partial charge in [0.15, 0.2) is 5.76 Å². The fourth-order valence-electron chi connectivity index (χ4n) is 3.84. The van der Waals surface area contributed by atoms with Crippen LogP contribution in [0, 0.1) is 18.3 Å². The summed E-state index contributed by atoms with van der Waals surface area (Å²) in [6.45, 7) is 4.15. The van der Waals surface area contributed by atoms with Crippen LogP contribution in [0.15, 0.2) is 65.1 Å². The van der Waals surface area contributed by atoms with Crippen LogP contribution < -0.4 is 4.74 Å². The third-order valence-electron chi connectivity index (χ3n) is 5.59. The van der Waals surface area contributed by atoms with Crippen molar-refractivity contribution < 1.29 is 18.7 Å². The summed E-state index contributed by atoms with van der Waals surface area (Å²) in [5.41, 5.74) is 2.15. The second kappa shape index (κ2) is 10.0. The fourth-order valence-corrected chi connectivity index (χ4v) is 3.84. The summed E-state index contributed by atoms with van der Waals surface area (Å²) < 4.78 is 11.4. The average Bonchev–Trinajstić information content (AvgIpc) is 3.18. The van der Waals surface area contributed by atoms with Crippen molar-refractivity contribution in [1.29, 1.82) is 5.26 Å². The molecule has 0 aliphatic carbocycles. The van der Waals surface area contributed by atoms with Crippen LogP contribution in [0.1, 0.15) is 44.2 Å². The Labute approximate surface area is 192 Å². The summed E-state index contributed by atoms with van der Waals surface area (Å²) in [4.78, 5) is 29.4. The van der Waals surface area contributed by atoms with Crippen molar-refractivity contribution in [2.24, 2.45) is 0 Å². The molecule has 0 N–H and O–H groups in total. The molecular formula is C26H25N3O4. The molecule has 7 heteroatoms. The molecule has 1 aromatic heterocycles. The zero-order valence-electron chi connectivity index (χ0n) is 18.5. The van der Waals surface area contributed by atoms with Gasteiger partial charge < -0.3 is 19.0 Å². The quantitative estimate of drug-likeness (QED) is 0.594. The third kappa shape index (κ3) is 5.24. The molecule has 1 fully saturated rings. The molecule has 1 aliphatic heterocycles. The van der Waals surface area contributed by atoms with Crippen molar-refractivity contribution in [3.05, 3.63) is 88.9 Å². The van der Waals surface area contributed by atoms with Crippen LogP contribution in [-0.4, -0.2) is 47.8 Å². The maximum Gasteiger partial charge on any atom is 0.289 e. The van der Waals surface area contributed by atoms with Gasteiger partial charge in [-0.05, 0) is 49.7 Å². The van der Waals surface area contributed by atoms with Crippen LogP contribution in [-0.2, 0) is 6.61 Å². The van der Waals surface area contributed by atoms with Gasteiger partial charge in [0.25, 0.3) is 11.8 Å². The number of hydrogen-bond donors (Lipinski definition) is 0. The highest BCUT2D eigenvalue weighted by atomic mass is 16.5. The summed E-state index contributed by atoms with van der Waals surface area (Å²) in [7, 11) is 0. The molecule has 0 atom stereocenters. The number of furan rings is 1. The highest BCUT2D eigenvalue weighted by Crippen LogP contribution is 2.20. The summed E-state index contributed by atoms with van der Waals surface area (Å²) in [6.07, 6.45) is 0.699. The molecule has 7 nitrogen and oxygen atoms in total. The first kappa shape index (κ1) is 22.2. The first-order chi connectivity index (χ1) is 16.0. The Morgan fingerprint density at radius 2 is 1.73 bits per heavy atom. The second-order valence-electron chi connectivity index (χ2n) is 7.97. The molecule has 0 unspecified atom stereocenters. The normalized spacial score (nSPS) is 13.8. The van der Waals surface area contributed by atoms with Crippen LogP contribution in [0.3, 0.4) is 0 Å². The Hall–Kier alpha value is -4.05. The van der Waals surface area contributed by atoms with Gasteiger partial charge >= 0.3 is 0 Å². The van der Waals surface area contributed by atoms with E-state index in [0.29, 0.717) is 55.2 Å². The summed E-state index contributed by atoms with van der Waals surface area (Å²) >= 11 is 0. The molecule has 2 aromatic carbocycles. The van der Waals surface area contributed by atoms with Gasteiger partial charge in [0, 0.05) is 31.7 Å². The van der Waals surface area contributed by atoms with E-state index in [1.54, 1.807) is 46.2 Å². The lowest BCUT2D eigenvalue weighted by Gasteiger charge is -2.22. The van der Waals surface area contributed by atoms with Crippen LogP contribution in [0.2, 0.25) is 0 Å². The SMILES string of the molecule is Cc1cccc(C(=O)N2CCCN(C(=O)c3ccc(COc4ccccc4C#N)o3)CC2)c1. The number of ether oxygens (including phenoxy) is 1. The van der Waals surface area contributed by atoms with E-state index in [9.17, 15) is 9.59 Å². The van der Waals surface area contributed by atoms with Crippen LogP contribution in [0.25, 0.3) is 0 Å². The molecule has 3 aromatic rings. The molecule has 0 spiro atoms. The van der Waals surface area contributed by atoms with E-state index in [0.717, 1.165) is 5.56 Å². The molecule has 0 bridgehead atoms. The highest BCUT2D eigenvalue weighted by Gasteiger charge is 2.25. The summed E-state index contributed by atoms with van der Waals surface area (Å²) in [5.74, 6) is 0.986. The van der Waals surface area contributed by atoms with Crippen LogP contribution in [0.4, 0.5) is 0 Å². The third-order valence-corrected chi connectivity index (χ3v) is 5.59. The monoisotopic (exact) mass is 443 g/mol. The van der Waals surface area contributed by atoms with Gasteiger partial charge in [-0.3, -0.25) is 9.59 Å². The molecule has 1 aliphatic rings. The molecule has 168 valence electrons. The van der Waals surface area contributed by atoms with Gasteiger partial charge in [-0.1, -0.05) is 29.8 Å². The lowest BCUT2D eigenvalue weighted by atomic mass is 10.1. The van der Waals surface area contributed by atoms with Gasteiger partial charge in [0.2, 0.25) is 0 Å². The number of nitrogens with zero attached hydrogens (tertiary/aromatic N) is 3. The van der Waals surface area contributed by atoms with E-state index in [-0.39, 0.29) is 24.2 Å². The Bertz CT molecular complexity index is 1190. The molecule has 4 rings (SSSR count). The highest BCUT2D eigenvalue weighted by molar-refractivity contribution is 5.95. The number of carbonyl (C=O) groups excluding carboxylic acids is 2. The number of aryl methyl sites for hydroxylation is 1. The van der Waals surface area contributed by atoms with Gasteiger partial charge in [0.1, 0.15) is 24.2 Å². The minimum absolute atomic E-state index is 0.0110. The Kier molecular flexibility index (Phi) is 6.75. The lowest BCUT2D eigenvalue weighted by Crippen LogP contribution is -2.37. The number of hydrogen-bond acceptors (Lipinski definition) is 5. The molecular weight excluding hydrogens is 418 g/mol. The van der Waals surface area contributed by atoms with Crippen molar-refractivity contribution >= 4 is 11.8 Å². The first-order valence-corrected chi connectivity index (χ1v) is 10.9. The molecule has 0 saturated carbocycles. The van der Waals surface area contributed by atoms with Gasteiger partial charge in [-0.15, -0.1) is 0 Å². The topological polar surface area (TPSA) is 86.8 Å². The summed E-state index contributed by atoms with van der Waals surface area (Å²) in [6, 6.07) is 19.9. The maximum absolute atomic E-state index is 13.0. The van der Waals surface area contributed by atoms with E-state index in [4.69, 9.17) is 14.4 Å². The average molecular weight is 444 g/mol. The van der Waals surface area contributed by atoms with E-state index in [2.05, 4.69) is 6.07 Å². The first-order valence-electron chi connectivity index (χ1n) is 10.9. The number of para-hydroxylation sites is 1. The molecule has 2 heterocycles. The Morgan fingerprint density at radius 1 is 0.970 bits per heavy atom. The maximum atomic E-state index is 13.0. The van der Waals surface area contributed by atoms with Crippen LogP contribution >= 0.6 is 0 Å². The van der Waals surface area contributed by atoms with Gasteiger partial charge in [-0.2, -0.15) is 5.26 Å². The Morgan fingerprint density at radius 3 is 2.48 bits per heavy atom. The van der Waals surface area contributed by atoms with Crippen molar-refractivity contribution in [3.8, 4) is 11.8 Å². The van der Waals surface area contributed by atoms with E-state index in [1.165, 1.54) is 0 Å². The predicted octanol–water partition coefficient (Wildman–Crippen LogP) is 4.03. The smallest absolute Gasteiger partial charge is 0.289 e. The van der Waals surface area contributed by atoms with Crippen molar-refractivity contribution in [2.75, 3.05) is 26.2 Å². The molecule has 33 heavy (non-hydrogen) atoms. The molecule has 1 saturated heterocycles. The largest absolute Gasteiger partial charge is 0.484 e. The molecule has 0 radical (unpaired) electrons. The van der Waals surface area contributed by atoms with E-state index >= 15 is 0 Å². The second-order valence-corrected chi connectivity index (χ2v) is 7.97. The van der Waals surface area contributed by atoms with Crippen molar-refractivity contribution in [1.82, 2.24) is 9.80 Å². The van der Waals surface area contributed by atoms with Gasteiger partial charge in [0.05, 0.1) is 5.56 Å². The van der Waals surface area contributed by atoms with E-state index < -0.39 is 0 Å². The number of carbonyl (C=O) groups is 2. The van der Waals surface area contributed by atoms with Gasteiger partial charge in [-0.25, -0.2) is 0 Å². The number of rotatable bonds is 5. The minimum atomic E-state index is -0.205. The van der Waals surface area contributed by atoms with Crippen LogP contribution in [0.5, 0.6) is 5.75 Å².